The van der Waals surface area contributed by atoms with Gasteiger partial charge in [-0.3, -0.25) is 0 Å². The third-order valence-electron chi connectivity index (χ3n) is 1.76. The number of rotatable bonds is 7. The van der Waals surface area contributed by atoms with E-state index in [0.29, 0.717) is 6.42 Å². The lowest BCUT2D eigenvalue weighted by molar-refractivity contribution is -0.132. The zero-order valence-corrected chi connectivity index (χ0v) is 8.38. The molecule has 0 radical (unpaired) electrons. The van der Waals surface area contributed by atoms with Crippen molar-refractivity contribution in [3.05, 3.63) is 12.2 Å². The van der Waals surface area contributed by atoms with Crippen LogP contribution >= 0.6 is 0 Å². The molecule has 76 valence electrons. The van der Waals surface area contributed by atoms with Gasteiger partial charge in [0.1, 0.15) is 0 Å². The van der Waals surface area contributed by atoms with Gasteiger partial charge < -0.3 is 9.84 Å². The average molecular weight is 186 g/mol. The summed E-state index contributed by atoms with van der Waals surface area (Å²) in [6.45, 7) is 8.18. The molecule has 1 N–H and O–H groups in total. The first-order chi connectivity index (χ1) is 6.07. The molecule has 0 saturated heterocycles. The molecule has 1 unspecified atom stereocenters. The smallest absolute Gasteiger partial charge is 0.330 e. The average Bonchev–Trinajstić information content (AvgIpc) is 2.10. The van der Waals surface area contributed by atoms with Crippen molar-refractivity contribution in [2.75, 3.05) is 6.61 Å². The molecule has 0 rings (SSSR count). The van der Waals surface area contributed by atoms with Crippen LogP contribution in [0.25, 0.3) is 0 Å². The fourth-order valence-corrected chi connectivity index (χ4v) is 0.887. The summed E-state index contributed by atoms with van der Waals surface area (Å²) in [6.07, 6.45) is 2.34. The van der Waals surface area contributed by atoms with Crippen molar-refractivity contribution in [3.63, 3.8) is 0 Å². The second-order valence-electron chi connectivity index (χ2n) is 3.13. The van der Waals surface area contributed by atoms with Crippen molar-refractivity contribution in [1.29, 1.82) is 0 Å². The van der Waals surface area contributed by atoms with E-state index >= 15 is 0 Å². The van der Waals surface area contributed by atoms with Crippen LogP contribution in [0.15, 0.2) is 12.2 Å². The van der Waals surface area contributed by atoms with Crippen LogP contribution in [-0.4, -0.2) is 23.8 Å². The maximum atomic E-state index is 10.4. The van der Waals surface area contributed by atoms with Gasteiger partial charge in [0, 0.05) is 12.2 Å². The van der Waals surface area contributed by atoms with Crippen molar-refractivity contribution in [2.24, 2.45) is 0 Å². The number of carbonyl (C=O) groups is 1. The van der Waals surface area contributed by atoms with Crippen molar-refractivity contribution in [2.45, 2.75) is 39.2 Å². The van der Waals surface area contributed by atoms with Crippen LogP contribution < -0.4 is 0 Å². The summed E-state index contributed by atoms with van der Waals surface area (Å²) in [5, 5.41) is 8.53. The summed E-state index contributed by atoms with van der Waals surface area (Å²) in [5.74, 6) is -0.914. The van der Waals surface area contributed by atoms with Crippen molar-refractivity contribution in [1.82, 2.24) is 0 Å². The molecule has 0 spiro atoms. The Balaban J connectivity index is 3.51. The number of hydrogen-bond donors (Lipinski definition) is 1. The normalized spacial score (nSPS) is 12.5. The van der Waals surface area contributed by atoms with Crippen LogP contribution in [0, 0.1) is 0 Å². The zero-order valence-electron chi connectivity index (χ0n) is 8.38. The monoisotopic (exact) mass is 186 g/mol. The topological polar surface area (TPSA) is 46.5 Å². The molecule has 3 heteroatoms. The fourth-order valence-electron chi connectivity index (χ4n) is 0.887. The first-order valence-corrected chi connectivity index (χ1v) is 4.60. The highest BCUT2D eigenvalue weighted by atomic mass is 16.5. The second kappa shape index (κ2) is 6.66. The molecule has 0 aliphatic carbocycles. The van der Waals surface area contributed by atoms with Gasteiger partial charge in [-0.2, -0.15) is 0 Å². The Kier molecular flexibility index (Phi) is 6.24. The lowest BCUT2D eigenvalue weighted by Crippen LogP contribution is -2.10. The van der Waals surface area contributed by atoms with Crippen molar-refractivity contribution >= 4 is 5.97 Å². The van der Waals surface area contributed by atoms with E-state index in [2.05, 4.69) is 6.58 Å². The van der Waals surface area contributed by atoms with E-state index in [1.807, 2.05) is 13.8 Å². The second-order valence-corrected chi connectivity index (χ2v) is 3.13. The fraction of sp³-hybridized carbons (Fsp3) is 0.700. The first kappa shape index (κ1) is 12.2. The first-order valence-electron chi connectivity index (χ1n) is 4.60. The number of carboxylic acid groups (broad SMARTS) is 1. The van der Waals surface area contributed by atoms with Gasteiger partial charge in [0.25, 0.3) is 0 Å². The van der Waals surface area contributed by atoms with Crippen LogP contribution in [-0.2, 0) is 9.53 Å². The Morgan fingerprint density at radius 3 is 2.69 bits per heavy atom. The van der Waals surface area contributed by atoms with E-state index in [0.717, 1.165) is 19.4 Å². The molecule has 0 heterocycles. The van der Waals surface area contributed by atoms with E-state index in [4.69, 9.17) is 9.84 Å². The van der Waals surface area contributed by atoms with E-state index < -0.39 is 5.97 Å². The minimum absolute atomic E-state index is 0.121. The lowest BCUT2D eigenvalue weighted by atomic mass is 10.1. The number of carboxylic acids is 1. The third-order valence-corrected chi connectivity index (χ3v) is 1.76. The Hall–Kier alpha value is -0.830. The highest BCUT2D eigenvalue weighted by Crippen LogP contribution is 2.08. The van der Waals surface area contributed by atoms with Crippen LogP contribution in [0.1, 0.15) is 33.1 Å². The molecule has 0 amide bonds. The largest absolute Gasteiger partial charge is 0.478 e. The van der Waals surface area contributed by atoms with E-state index in [1.54, 1.807) is 0 Å². The minimum atomic E-state index is -0.914. The summed E-state index contributed by atoms with van der Waals surface area (Å²) < 4.78 is 5.39. The molecule has 0 fully saturated rings. The minimum Gasteiger partial charge on any atom is -0.478 e. The summed E-state index contributed by atoms with van der Waals surface area (Å²) in [5.41, 5.74) is 0.256. The maximum absolute atomic E-state index is 10.4. The highest BCUT2D eigenvalue weighted by Gasteiger charge is 2.07. The van der Waals surface area contributed by atoms with Gasteiger partial charge >= 0.3 is 5.97 Å². The van der Waals surface area contributed by atoms with Gasteiger partial charge in [-0.1, -0.05) is 13.5 Å². The summed E-state index contributed by atoms with van der Waals surface area (Å²) in [4.78, 5) is 10.4. The molecule has 3 nitrogen and oxygen atoms in total. The van der Waals surface area contributed by atoms with Gasteiger partial charge in [0.15, 0.2) is 0 Å². The van der Waals surface area contributed by atoms with E-state index in [1.165, 1.54) is 0 Å². The molecule has 0 aromatic heterocycles. The molecule has 0 aliphatic rings. The molecule has 0 bridgehead atoms. The standard InChI is InChI=1S/C10H18O3/c1-4-7-13-9(3)6-5-8(2)10(11)12/h9H,2,4-7H2,1,3H3,(H,11,12). The van der Waals surface area contributed by atoms with Gasteiger partial charge in [-0.25, -0.2) is 4.79 Å². The van der Waals surface area contributed by atoms with E-state index in [-0.39, 0.29) is 11.7 Å². The predicted octanol–water partition coefficient (Wildman–Crippen LogP) is 2.22. The Labute approximate surface area is 79.4 Å². The van der Waals surface area contributed by atoms with Crippen LogP contribution in [0.5, 0.6) is 0 Å². The number of aliphatic carboxylic acids is 1. The summed E-state index contributed by atoms with van der Waals surface area (Å²) in [6, 6.07) is 0. The molecule has 0 aromatic carbocycles. The van der Waals surface area contributed by atoms with Gasteiger partial charge in [0.2, 0.25) is 0 Å². The zero-order chi connectivity index (χ0) is 10.3. The quantitative estimate of drug-likeness (QED) is 0.620. The molecular formula is C10H18O3. The molecule has 0 aliphatic heterocycles. The molecule has 0 saturated carbocycles. The Bertz CT molecular complexity index is 175. The van der Waals surface area contributed by atoms with Gasteiger partial charge in [-0.15, -0.1) is 0 Å². The van der Waals surface area contributed by atoms with Crippen LogP contribution in [0.4, 0.5) is 0 Å². The maximum Gasteiger partial charge on any atom is 0.330 e. The Morgan fingerprint density at radius 2 is 2.23 bits per heavy atom. The van der Waals surface area contributed by atoms with Crippen molar-refractivity contribution < 1.29 is 14.6 Å². The van der Waals surface area contributed by atoms with Crippen LogP contribution in [0.2, 0.25) is 0 Å². The molecular weight excluding hydrogens is 168 g/mol. The molecule has 1 atom stereocenters. The highest BCUT2D eigenvalue weighted by molar-refractivity contribution is 5.85. The number of hydrogen-bond acceptors (Lipinski definition) is 2. The lowest BCUT2D eigenvalue weighted by Gasteiger charge is -2.11. The van der Waals surface area contributed by atoms with Crippen LogP contribution in [0.3, 0.4) is 0 Å². The molecule has 13 heavy (non-hydrogen) atoms. The van der Waals surface area contributed by atoms with Gasteiger partial charge in [-0.05, 0) is 26.2 Å². The van der Waals surface area contributed by atoms with Crippen molar-refractivity contribution in [3.8, 4) is 0 Å². The van der Waals surface area contributed by atoms with Gasteiger partial charge in [0.05, 0.1) is 6.10 Å². The predicted molar refractivity (Wildman–Crippen MR) is 51.7 cm³/mol. The van der Waals surface area contributed by atoms with E-state index in [9.17, 15) is 4.79 Å². The number of ether oxygens (including phenoxy) is 1. The molecule has 0 aromatic rings. The SMILES string of the molecule is C=C(CCC(C)OCCC)C(=O)O. The Morgan fingerprint density at radius 1 is 1.62 bits per heavy atom. The third kappa shape index (κ3) is 6.34. The summed E-state index contributed by atoms with van der Waals surface area (Å²) >= 11 is 0. The summed E-state index contributed by atoms with van der Waals surface area (Å²) in [7, 11) is 0.